The van der Waals surface area contributed by atoms with Crippen LogP contribution in [0.25, 0.3) is 5.69 Å². The van der Waals surface area contributed by atoms with E-state index < -0.39 is 28.6 Å². The smallest absolute Gasteiger partial charge is 0.416 e. The summed E-state index contributed by atoms with van der Waals surface area (Å²) < 4.78 is 63.8. The van der Waals surface area contributed by atoms with Crippen molar-refractivity contribution in [1.82, 2.24) is 9.78 Å². The van der Waals surface area contributed by atoms with Crippen molar-refractivity contribution in [3.8, 4) is 29.3 Å². The monoisotopic (exact) mass is 898 g/mol. The van der Waals surface area contributed by atoms with E-state index >= 15 is 0 Å². The molecule has 1 unspecified atom stereocenters. The molecule has 0 radical (unpaired) electrons. The summed E-state index contributed by atoms with van der Waals surface area (Å²) in [6.07, 6.45) is -3.64. The highest BCUT2D eigenvalue weighted by atomic mass is 79.9. The topological polar surface area (TPSA) is 118 Å². The van der Waals surface area contributed by atoms with Crippen LogP contribution in [-0.4, -0.2) is 25.7 Å². The predicted molar refractivity (Wildman–Crippen MR) is 199 cm³/mol. The van der Waals surface area contributed by atoms with Gasteiger partial charge >= 0.3 is 12.1 Å². The predicted octanol–water partition coefficient (Wildman–Crippen LogP) is 11.0. The van der Waals surface area contributed by atoms with E-state index in [4.69, 9.17) is 37.9 Å². The number of benzene rings is 3. The third-order valence-corrected chi connectivity index (χ3v) is 10.7. The minimum Gasteiger partial charge on any atom is -0.457 e. The number of hydrogen-bond acceptors (Lipinski definition) is 7. The van der Waals surface area contributed by atoms with Crippen LogP contribution in [0.4, 0.5) is 13.2 Å². The second-order valence-electron chi connectivity index (χ2n) is 11.9. The van der Waals surface area contributed by atoms with Gasteiger partial charge < -0.3 is 9.47 Å². The fourth-order valence-corrected chi connectivity index (χ4v) is 7.65. The maximum absolute atomic E-state index is 12.8. The van der Waals surface area contributed by atoms with Gasteiger partial charge in [-0.3, -0.25) is 9.00 Å². The van der Waals surface area contributed by atoms with E-state index in [2.05, 4.69) is 43.0 Å². The molecule has 4 atom stereocenters. The van der Waals surface area contributed by atoms with Crippen LogP contribution in [0.5, 0.6) is 11.5 Å². The highest BCUT2D eigenvalue weighted by Crippen LogP contribution is 2.60. The van der Waals surface area contributed by atoms with Crippen molar-refractivity contribution in [2.45, 2.75) is 44.9 Å². The minimum atomic E-state index is -4.60. The zero-order valence-electron chi connectivity index (χ0n) is 27.8. The van der Waals surface area contributed by atoms with Crippen molar-refractivity contribution in [1.29, 1.82) is 10.5 Å². The van der Waals surface area contributed by atoms with E-state index in [1.807, 2.05) is 56.3 Å². The fraction of sp³-hybridized carbons (Fsp3) is 0.278. The van der Waals surface area contributed by atoms with Gasteiger partial charge in [0.1, 0.15) is 29.3 Å². The Morgan fingerprint density at radius 3 is 2.23 bits per heavy atom. The molecule has 0 saturated heterocycles. The van der Waals surface area contributed by atoms with Gasteiger partial charge in [-0.25, -0.2) is 4.68 Å². The second-order valence-corrected chi connectivity index (χ2v) is 17.2. The molecule has 3 aromatic carbocycles. The molecule has 0 bridgehead atoms. The number of alkyl halides is 3. The lowest BCUT2D eigenvalue weighted by atomic mass is 10.1. The molecule has 0 amide bonds. The van der Waals surface area contributed by atoms with Gasteiger partial charge in [0.15, 0.2) is 5.69 Å². The number of halogens is 7. The summed E-state index contributed by atoms with van der Waals surface area (Å²) in [6, 6.07) is 21.8. The number of hydrogen-bond donors (Lipinski definition) is 0. The van der Waals surface area contributed by atoms with Crippen LogP contribution in [0, 0.1) is 46.8 Å². The number of nitriles is 2. The van der Waals surface area contributed by atoms with Crippen LogP contribution in [0.1, 0.15) is 49.4 Å². The molecule has 1 saturated carbocycles. The molecule has 1 heterocycles. The van der Waals surface area contributed by atoms with Gasteiger partial charge in [-0.2, -0.15) is 28.8 Å². The number of allylic oxidation sites excluding steroid dienone is 1. The zero-order valence-corrected chi connectivity index (χ0v) is 33.3. The quantitative estimate of drug-likeness (QED) is 0.154. The lowest BCUT2D eigenvalue weighted by molar-refractivity contribution is -0.149. The third-order valence-electron chi connectivity index (χ3n) is 8.17. The molecule has 0 spiro atoms. The molecule has 0 aliphatic heterocycles. The summed E-state index contributed by atoms with van der Waals surface area (Å²) >= 11 is 18.6. The molecular weight excluding hydrogens is 872 g/mol. The maximum atomic E-state index is 12.8. The highest BCUT2D eigenvalue weighted by Gasteiger charge is 2.62. The molecule has 1 fully saturated rings. The molecule has 1 aliphatic carbocycles. The van der Waals surface area contributed by atoms with Gasteiger partial charge in [-0.1, -0.05) is 80.4 Å². The minimum absolute atomic E-state index is 0.000290. The van der Waals surface area contributed by atoms with E-state index in [0.717, 1.165) is 20.2 Å². The average Bonchev–Trinajstić information content (AvgIpc) is 3.45. The van der Waals surface area contributed by atoms with Gasteiger partial charge in [-0.15, -0.1) is 0 Å². The Hall–Kier alpha value is -3.66. The largest absolute Gasteiger partial charge is 0.457 e. The first-order chi connectivity index (χ1) is 24.4. The Morgan fingerprint density at radius 1 is 1.08 bits per heavy atom. The Balaban J connectivity index is 0.000000236. The lowest BCUT2D eigenvalue weighted by Crippen LogP contribution is -2.14. The lowest BCUT2D eigenvalue weighted by Gasteiger charge is -2.13. The summed E-state index contributed by atoms with van der Waals surface area (Å²) in [6.45, 7) is 7.24. The van der Waals surface area contributed by atoms with Crippen molar-refractivity contribution in [3.63, 3.8) is 0 Å². The van der Waals surface area contributed by atoms with Gasteiger partial charge in [0.25, 0.3) is 0 Å². The number of ether oxygens (including phenoxy) is 2. The number of aromatic nitrogens is 2. The van der Waals surface area contributed by atoms with Crippen LogP contribution < -0.4 is 4.74 Å². The third kappa shape index (κ3) is 9.46. The van der Waals surface area contributed by atoms with Crippen molar-refractivity contribution < 1.29 is 31.6 Å². The Bertz CT molecular complexity index is 2090. The Labute approximate surface area is 327 Å². The number of para-hydroxylation sites is 1. The van der Waals surface area contributed by atoms with Crippen LogP contribution in [0.2, 0.25) is 10.0 Å². The molecular formula is C36H29Br2Cl2F3N4O4S. The van der Waals surface area contributed by atoms with Crippen LogP contribution in [-0.2, 0) is 26.5 Å². The first kappa shape index (κ1) is 41.1. The van der Waals surface area contributed by atoms with Gasteiger partial charge in [0.2, 0.25) is 6.10 Å². The van der Waals surface area contributed by atoms with Crippen LogP contribution in [0.15, 0.2) is 81.1 Å². The van der Waals surface area contributed by atoms with Crippen molar-refractivity contribution >= 4 is 71.8 Å². The van der Waals surface area contributed by atoms with Crippen LogP contribution >= 0.6 is 55.1 Å². The Kier molecular flexibility index (Phi) is 13.4. The molecule has 0 N–H and O–H groups in total. The molecule has 5 rings (SSSR count). The maximum Gasteiger partial charge on any atom is 0.416 e. The number of nitrogens with zero attached hydrogens (tertiary/aromatic N) is 4. The first-order valence-corrected chi connectivity index (χ1v) is 19.0. The molecule has 16 heteroatoms. The normalized spacial score (nSPS) is 16.9. The standard InChI is InChI=1S/C22H19Br2NO3.C14H10Cl2F3N3OS/c1-22(2)17(12-19(23)24)20(22)21(26)28-18(13-25)14-7-6-10-16(11-14)27-15-8-4-3-5-9-15;1-3-24(23)13-7(2)22(21-11(13)6-20)12-9(15)4-8(5-10(12)16)14(17,18)19/h3-12,17-18,20H,1-2H3;4-5H,3H2,1-2H3/t17-,18+,20-;/m0./s1. The SMILES string of the molecule is CC1(C)[C@H](C(=O)O[C@H](C#N)c2cccc(Oc3ccccc3)c2)[C@@H]1C=C(Br)Br.CCS(=O)c1c(C#N)nn(-c2c(Cl)cc(C(F)(F)F)cc2Cl)c1C. The fourth-order valence-electron chi connectivity index (χ4n) is 5.43. The van der Waals surface area contributed by atoms with Crippen molar-refractivity contribution in [2.75, 3.05) is 5.75 Å². The van der Waals surface area contributed by atoms with Crippen molar-refractivity contribution in [2.24, 2.45) is 17.3 Å². The first-order valence-electron chi connectivity index (χ1n) is 15.3. The van der Waals surface area contributed by atoms with Gasteiger partial charge in [0, 0.05) is 11.3 Å². The molecule has 4 aromatic rings. The molecule has 8 nitrogen and oxygen atoms in total. The molecule has 1 aromatic heterocycles. The summed E-state index contributed by atoms with van der Waals surface area (Å²) in [4.78, 5) is 12.9. The molecule has 272 valence electrons. The van der Waals surface area contributed by atoms with E-state index in [9.17, 15) is 27.4 Å². The summed E-state index contributed by atoms with van der Waals surface area (Å²) in [7, 11) is -1.47. The summed E-state index contributed by atoms with van der Waals surface area (Å²) in [5.74, 6) is 0.942. The van der Waals surface area contributed by atoms with E-state index in [1.54, 1.807) is 38.1 Å². The second kappa shape index (κ2) is 17.0. The zero-order chi connectivity index (χ0) is 38.5. The number of carbonyl (C=O) groups is 1. The molecule has 1 aliphatic rings. The number of esters is 1. The van der Waals surface area contributed by atoms with Gasteiger partial charge in [0.05, 0.1) is 46.3 Å². The van der Waals surface area contributed by atoms with E-state index in [1.165, 1.54) is 0 Å². The van der Waals surface area contributed by atoms with Crippen molar-refractivity contribution in [3.05, 3.63) is 109 Å². The van der Waals surface area contributed by atoms with Gasteiger partial charge in [-0.05, 0) is 86.5 Å². The highest BCUT2D eigenvalue weighted by molar-refractivity contribution is 9.28. The Morgan fingerprint density at radius 2 is 1.69 bits per heavy atom. The average molecular weight is 901 g/mol. The van der Waals surface area contributed by atoms with E-state index in [-0.39, 0.29) is 55.3 Å². The summed E-state index contributed by atoms with van der Waals surface area (Å²) in [5.41, 5.74) is -0.377. The van der Waals surface area contributed by atoms with E-state index in [0.29, 0.717) is 22.8 Å². The summed E-state index contributed by atoms with van der Waals surface area (Å²) in [5, 5.41) is 22.2. The number of carbonyl (C=O) groups excluding carboxylic acids is 1. The molecule has 52 heavy (non-hydrogen) atoms. The van der Waals surface area contributed by atoms with Crippen LogP contribution in [0.3, 0.4) is 0 Å². The number of rotatable bonds is 9.